The third-order valence-electron chi connectivity index (χ3n) is 3.94. The summed E-state index contributed by atoms with van der Waals surface area (Å²) >= 11 is 0. The van der Waals surface area contributed by atoms with Gasteiger partial charge in [0.05, 0.1) is 19.7 Å². The zero-order chi connectivity index (χ0) is 14.0. The summed E-state index contributed by atoms with van der Waals surface area (Å²) in [5.41, 5.74) is -0.261. The van der Waals surface area contributed by atoms with E-state index in [0.717, 1.165) is 6.42 Å². The predicted octanol–water partition coefficient (Wildman–Crippen LogP) is -0.556. The third kappa shape index (κ3) is 2.74. The van der Waals surface area contributed by atoms with Gasteiger partial charge in [0, 0.05) is 20.0 Å². The molecule has 0 aliphatic carbocycles. The molecule has 1 N–H and O–H groups in total. The van der Waals surface area contributed by atoms with Crippen molar-refractivity contribution in [2.24, 2.45) is 0 Å². The molecular weight excluding hydrogens is 246 g/mol. The lowest BCUT2D eigenvalue weighted by molar-refractivity contribution is -0.201. The number of rotatable bonds is 3. The molecule has 2 amide bonds. The Balaban J connectivity index is 1.87. The Kier molecular flexibility index (Phi) is 4.10. The molecular formula is C13H23N3O3. The van der Waals surface area contributed by atoms with E-state index in [9.17, 15) is 9.59 Å². The van der Waals surface area contributed by atoms with Crippen molar-refractivity contribution in [3.63, 3.8) is 0 Å². The molecule has 1 spiro atoms. The van der Waals surface area contributed by atoms with Crippen molar-refractivity contribution in [3.8, 4) is 0 Å². The molecule has 0 unspecified atom stereocenters. The summed E-state index contributed by atoms with van der Waals surface area (Å²) in [6.07, 6.45) is 1.48. The van der Waals surface area contributed by atoms with Crippen LogP contribution in [0.2, 0.25) is 0 Å². The van der Waals surface area contributed by atoms with Crippen molar-refractivity contribution in [1.29, 1.82) is 0 Å². The van der Waals surface area contributed by atoms with Gasteiger partial charge in [0.2, 0.25) is 11.8 Å². The summed E-state index contributed by atoms with van der Waals surface area (Å²) in [6, 6.07) is -0.226. The fourth-order valence-corrected chi connectivity index (χ4v) is 2.82. The lowest BCUT2D eigenvalue weighted by Crippen LogP contribution is -2.73. The molecule has 6 heteroatoms. The number of morpholine rings is 1. The van der Waals surface area contributed by atoms with Crippen LogP contribution in [-0.2, 0) is 14.3 Å². The summed E-state index contributed by atoms with van der Waals surface area (Å²) < 4.78 is 5.87. The molecule has 108 valence electrons. The van der Waals surface area contributed by atoms with Crippen LogP contribution in [0.5, 0.6) is 0 Å². The van der Waals surface area contributed by atoms with E-state index in [1.54, 1.807) is 7.05 Å². The van der Waals surface area contributed by atoms with Crippen LogP contribution in [0, 0.1) is 0 Å². The van der Waals surface area contributed by atoms with E-state index in [4.69, 9.17) is 4.74 Å². The minimum Gasteiger partial charge on any atom is -0.368 e. The van der Waals surface area contributed by atoms with Crippen LogP contribution in [0.4, 0.5) is 0 Å². The number of hydrogen-bond donors (Lipinski definition) is 1. The Labute approximate surface area is 114 Å². The van der Waals surface area contributed by atoms with E-state index in [2.05, 4.69) is 5.32 Å². The maximum atomic E-state index is 11.7. The van der Waals surface area contributed by atoms with Crippen LogP contribution in [0.1, 0.15) is 19.8 Å². The Morgan fingerprint density at radius 2 is 2.05 bits per heavy atom. The minimum absolute atomic E-state index is 0.0180. The van der Waals surface area contributed by atoms with Gasteiger partial charge < -0.3 is 15.0 Å². The van der Waals surface area contributed by atoms with Crippen molar-refractivity contribution in [2.75, 3.05) is 40.3 Å². The zero-order valence-corrected chi connectivity index (χ0v) is 11.9. The average molecular weight is 269 g/mol. The first-order chi connectivity index (χ1) is 9.01. The van der Waals surface area contributed by atoms with Crippen LogP contribution in [-0.4, -0.2) is 73.6 Å². The Morgan fingerprint density at radius 1 is 1.37 bits per heavy atom. The van der Waals surface area contributed by atoms with Gasteiger partial charge in [-0.2, -0.15) is 0 Å². The van der Waals surface area contributed by atoms with Crippen LogP contribution in [0.15, 0.2) is 0 Å². The van der Waals surface area contributed by atoms with Crippen molar-refractivity contribution in [2.45, 2.75) is 31.4 Å². The largest absolute Gasteiger partial charge is 0.368 e. The van der Waals surface area contributed by atoms with E-state index in [1.807, 2.05) is 23.8 Å². The SMILES string of the molecule is CCCC(=O)N1CC2(C1)CN(C)[C@@H](C(=O)NC)CO2. The highest BCUT2D eigenvalue weighted by molar-refractivity contribution is 5.81. The van der Waals surface area contributed by atoms with Crippen LogP contribution >= 0.6 is 0 Å². The minimum atomic E-state index is -0.261. The number of carbonyl (C=O) groups excluding carboxylic acids is 2. The fourth-order valence-electron chi connectivity index (χ4n) is 2.82. The lowest BCUT2D eigenvalue weighted by Gasteiger charge is -2.54. The Hall–Kier alpha value is -1.14. The number of nitrogens with one attached hydrogen (secondary N) is 1. The molecule has 2 aliphatic heterocycles. The summed E-state index contributed by atoms with van der Waals surface area (Å²) in [5.74, 6) is 0.184. The topological polar surface area (TPSA) is 61.9 Å². The first kappa shape index (κ1) is 14.3. The molecule has 2 aliphatic rings. The average Bonchev–Trinajstić information content (AvgIpc) is 2.35. The van der Waals surface area contributed by atoms with E-state index in [-0.39, 0.29) is 23.5 Å². The molecule has 0 aromatic carbocycles. The van der Waals surface area contributed by atoms with E-state index in [1.165, 1.54) is 0 Å². The molecule has 0 bridgehead atoms. The molecule has 2 rings (SSSR count). The third-order valence-corrected chi connectivity index (χ3v) is 3.94. The van der Waals surface area contributed by atoms with Crippen molar-refractivity contribution >= 4 is 11.8 Å². The second kappa shape index (κ2) is 5.46. The number of likely N-dealkylation sites (N-methyl/N-ethyl adjacent to an activating group) is 2. The van der Waals surface area contributed by atoms with Gasteiger partial charge in [-0.15, -0.1) is 0 Å². The highest BCUT2D eigenvalue weighted by Crippen LogP contribution is 2.31. The Morgan fingerprint density at radius 3 is 2.58 bits per heavy atom. The van der Waals surface area contributed by atoms with Gasteiger partial charge in [0.15, 0.2) is 0 Å². The predicted molar refractivity (Wildman–Crippen MR) is 70.7 cm³/mol. The standard InChI is InChI=1S/C13H23N3O3/c1-4-5-11(17)16-8-13(9-16)7-15(3)10(6-19-13)12(18)14-2/h10H,4-9H2,1-3H3,(H,14,18)/t10-/m1/s1. The van der Waals surface area contributed by atoms with Gasteiger partial charge in [-0.25, -0.2) is 0 Å². The molecule has 0 saturated carbocycles. The van der Waals surface area contributed by atoms with Gasteiger partial charge in [-0.1, -0.05) is 6.92 Å². The quantitative estimate of drug-likeness (QED) is 0.746. The number of likely N-dealkylation sites (tertiary alicyclic amines) is 1. The second-order valence-electron chi connectivity index (χ2n) is 5.54. The van der Waals surface area contributed by atoms with Crippen LogP contribution in [0.3, 0.4) is 0 Å². The number of hydrogen-bond acceptors (Lipinski definition) is 4. The normalized spacial score (nSPS) is 26.1. The maximum absolute atomic E-state index is 11.7. The van der Waals surface area contributed by atoms with Crippen molar-refractivity contribution < 1.29 is 14.3 Å². The van der Waals surface area contributed by atoms with Gasteiger partial charge in [0.25, 0.3) is 0 Å². The van der Waals surface area contributed by atoms with E-state index >= 15 is 0 Å². The lowest BCUT2D eigenvalue weighted by atomic mass is 9.90. The fraction of sp³-hybridized carbons (Fsp3) is 0.846. The van der Waals surface area contributed by atoms with Gasteiger partial charge in [-0.05, 0) is 13.5 Å². The molecule has 0 radical (unpaired) electrons. The molecule has 0 aromatic heterocycles. The maximum Gasteiger partial charge on any atom is 0.239 e. The first-order valence-electron chi connectivity index (χ1n) is 6.85. The monoisotopic (exact) mass is 269 g/mol. The highest BCUT2D eigenvalue weighted by atomic mass is 16.5. The molecule has 6 nitrogen and oxygen atoms in total. The zero-order valence-electron chi connectivity index (χ0n) is 11.9. The molecule has 2 saturated heterocycles. The summed E-state index contributed by atoms with van der Waals surface area (Å²) in [4.78, 5) is 27.3. The van der Waals surface area contributed by atoms with Gasteiger partial charge in [0.1, 0.15) is 11.6 Å². The van der Waals surface area contributed by atoms with Crippen LogP contribution in [0.25, 0.3) is 0 Å². The Bertz CT molecular complexity index is 366. The van der Waals surface area contributed by atoms with Crippen molar-refractivity contribution in [3.05, 3.63) is 0 Å². The molecule has 0 aromatic rings. The smallest absolute Gasteiger partial charge is 0.239 e. The van der Waals surface area contributed by atoms with E-state index in [0.29, 0.717) is 32.7 Å². The van der Waals surface area contributed by atoms with Gasteiger partial charge >= 0.3 is 0 Å². The molecule has 19 heavy (non-hydrogen) atoms. The first-order valence-corrected chi connectivity index (χ1v) is 6.85. The summed E-state index contributed by atoms with van der Waals surface area (Å²) in [5, 5.41) is 2.65. The number of ether oxygens (including phenoxy) is 1. The summed E-state index contributed by atoms with van der Waals surface area (Å²) in [7, 11) is 3.57. The molecule has 2 fully saturated rings. The van der Waals surface area contributed by atoms with E-state index < -0.39 is 0 Å². The highest BCUT2D eigenvalue weighted by Gasteiger charge is 2.50. The van der Waals surface area contributed by atoms with Crippen molar-refractivity contribution in [1.82, 2.24) is 15.1 Å². The van der Waals surface area contributed by atoms with Gasteiger partial charge in [-0.3, -0.25) is 14.5 Å². The molecule has 1 atom stereocenters. The molecule has 2 heterocycles. The second-order valence-corrected chi connectivity index (χ2v) is 5.54. The van der Waals surface area contributed by atoms with Crippen LogP contribution < -0.4 is 5.32 Å². The number of amides is 2. The number of nitrogens with zero attached hydrogens (tertiary/aromatic N) is 2. The number of carbonyl (C=O) groups is 2. The summed E-state index contributed by atoms with van der Waals surface area (Å²) in [6.45, 7) is 4.40.